The third kappa shape index (κ3) is 13.2. The maximum absolute atomic E-state index is 12.6. The fraction of sp³-hybridized carbons (Fsp3) is 0.694. The summed E-state index contributed by atoms with van der Waals surface area (Å²) in [6.07, 6.45) is -15.5. The van der Waals surface area contributed by atoms with E-state index in [0.29, 0.717) is 0 Å². The molecule has 0 spiro atoms. The van der Waals surface area contributed by atoms with Crippen LogP contribution in [0.3, 0.4) is 0 Å². The third-order valence-corrected chi connectivity index (χ3v) is 10.6. The Bertz CT molecular complexity index is 1780. The molecule has 362 valence electrons. The SMILES string of the molecule is CC(C)(CO)[C@@H](O)C(=O)NCCC(=O)O.CNC1C(OC2C(OC3C(O)C(O)C(N=C(N)N)C(O)C3N=C(N)N)OC(C)C2(O)C=NNC(=O)c2ccncc2)OC(CO)C(O)C1O. The van der Waals surface area contributed by atoms with Crippen molar-refractivity contribution < 1.29 is 84.4 Å². The smallest absolute Gasteiger partial charge is 0.305 e. The molecule has 0 aromatic carbocycles. The summed E-state index contributed by atoms with van der Waals surface area (Å²) < 4.78 is 23.8. The van der Waals surface area contributed by atoms with E-state index in [1.165, 1.54) is 52.3 Å². The lowest BCUT2D eigenvalue weighted by Gasteiger charge is -2.45. The van der Waals surface area contributed by atoms with Crippen molar-refractivity contribution in [2.75, 3.05) is 26.8 Å². The number of rotatable bonds is 17. The van der Waals surface area contributed by atoms with Gasteiger partial charge in [-0.25, -0.2) is 15.4 Å². The number of aliphatic hydroxyl groups excluding tert-OH is 8. The summed E-state index contributed by atoms with van der Waals surface area (Å²) in [6, 6.07) is -1.32. The van der Waals surface area contributed by atoms with Crippen LogP contribution in [-0.4, -0.2) is 216 Å². The fourth-order valence-electron chi connectivity index (χ4n) is 6.69. The van der Waals surface area contributed by atoms with Crippen molar-refractivity contribution in [3.63, 3.8) is 0 Å². The van der Waals surface area contributed by atoms with Gasteiger partial charge >= 0.3 is 5.97 Å². The highest BCUT2D eigenvalue weighted by molar-refractivity contribution is 5.94. The number of carboxylic acids is 1. The lowest BCUT2D eigenvalue weighted by atomic mass is 9.81. The van der Waals surface area contributed by atoms with Gasteiger partial charge in [0.25, 0.3) is 5.91 Å². The lowest BCUT2D eigenvalue weighted by Crippen LogP contribution is -2.66. The number of nitrogens with one attached hydrogen (secondary N) is 3. The standard InChI is InChI=1S/C27H44N10O12.C9H17NO5/c1-9-27(45,8-34-37-22(44)10-3-5-33-6-4-10)21(49-23-14(32-2)18(42)15(39)11(7-38)47-23)24(46-9)48-20-13(36-26(30)31)16(40)12(35-25(28)29)17(41)19(20)43;1-9(2,5-11)7(14)8(15)10-4-3-6(12)13/h3-6,8-9,11-21,23-24,32,38-43,45H,7H2,1-2H3,(H,37,44)(H4,28,29,35)(H4,30,31,36);7,11,14H,3-5H2,1-2H3,(H,10,15)(H,12,13)/t;7-/m.0/s1. The van der Waals surface area contributed by atoms with E-state index in [9.17, 15) is 55.2 Å². The number of aromatic nitrogens is 1. The Morgan fingerprint density at radius 1 is 0.922 bits per heavy atom. The number of amides is 2. The van der Waals surface area contributed by atoms with E-state index >= 15 is 0 Å². The molecule has 2 aliphatic heterocycles. The highest BCUT2D eigenvalue weighted by Crippen LogP contribution is 2.39. The monoisotopic (exact) mass is 919 g/mol. The van der Waals surface area contributed by atoms with Crippen molar-refractivity contribution in [3.8, 4) is 0 Å². The molecular formula is C36H61N11O17. The Hall–Kier alpha value is -4.79. The van der Waals surface area contributed by atoms with Gasteiger partial charge in [0.2, 0.25) is 5.91 Å². The number of ether oxygens (including phenoxy) is 4. The first-order chi connectivity index (χ1) is 29.9. The van der Waals surface area contributed by atoms with E-state index in [-0.39, 0.29) is 25.1 Å². The van der Waals surface area contributed by atoms with E-state index in [0.717, 1.165) is 6.21 Å². The average molecular weight is 920 g/mol. The number of aliphatic imine (C=N–C) groups is 2. The summed E-state index contributed by atoms with van der Waals surface area (Å²) in [4.78, 5) is 45.6. The second kappa shape index (κ2) is 23.4. The van der Waals surface area contributed by atoms with Crippen LogP contribution in [-0.2, 0) is 28.5 Å². The number of aliphatic hydroxyl groups is 9. The van der Waals surface area contributed by atoms with Crippen molar-refractivity contribution in [1.29, 1.82) is 0 Å². The van der Waals surface area contributed by atoms with Crippen molar-refractivity contribution in [3.05, 3.63) is 30.1 Å². The number of aliphatic carboxylic acids is 1. The molecule has 1 aromatic heterocycles. The quantitative estimate of drug-likeness (QED) is 0.0392. The number of likely N-dealkylation sites (N-methyl/N-ethyl adjacent to an activating group) is 1. The molecule has 0 bridgehead atoms. The van der Waals surface area contributed by atoms with Crippen LogP contribution in [0.1, 0.15) is 37.6 Å². The number of guanidine groups is 2. The molecule has 64 heavy (non-hydrogen) atoms. The molecular weight excluding hydrogens is 858 g/mol. The molecule has 16 atom stereocenters. The number of hydrazone groups is 1. The van der Waals surface area contributed by atoms with Crippen molar-refractivity contribution >= 4 is 35.9 Å². The minimum Gasteiger partial charge on any atom is -0.481 e. The van der Waals surface area contributed by atoms with Crippen LogP contribution in [0.25, 0.3) is 0 Å². The molecule has 15 unspecified atom stereocenters. The Morgan fingerprint density at radius 2 is 1.53 bits per heavy atom. The van der Waals surface area contributed by atoms with Gasteiger partial charge in [-0.1, -0.05) is 13.8 Å². The maximum Gasteiger partial charge on any atom is 0.305 e. The molecule has 2 amide bonds. The summed E-state index contributed by atoms with van der Waals surface area (Å²) >= 11 is 0. The first-order valence-electron chi connectivity index (χ1n) is 19.7. The van der Waals surface area contributed by atoms with Crippen LogP contribution < -0.4 is 39.0 Å². The largest absolute Gasteiger partial charge is 0.481 e. The number of pyridine rings is 1. The second-order valence-corrected chi connectivity index (χ2v) is 15.7. The molecule has 28 heteroatoms. The zero-order valence-corrected chi connectivity index (χ0v) is 35.3. The van der Waals surface area contributed by atoms with E-state index in [1.54, 1.807) is 0 Å². The lowest BCUT2D eigenvalue weighted by molar-refractivity contribution is -0.313. The zero-order valence-electron chi connectivity index (χ0n) is 35.3. The minimum absolute atomic E-state index is 0.0350. The second-order valence-electron chi connectivity index (χ2n) is 15.7. The number of hydrogen-bond acceptors (Lipinski definition) is 21. The van der Waals surface area contributed by atoms with E-state index in [1.807, 2.05) is 0 Å². The summed E-state index contributed by atoms with van der Waals surface area (Å²) in [5.41, 5.74) is 21.3. The molecule has 1 aromatic rings. The topological polar surface area (TPSA) is 481 Å². The van der Waals surface area contributed by atoms with Crippen LogP contribution in [0.2, 0.25) is 0 Å². The molecule has 1 aliphatic carbocycles. The van der Waals surface area contributed by atoms with Crippen molar-refractivity contribution in [1.82, 2.24) is 21.0 Å². The van der Waals surface area contributed by atoms with Gasteiger partial charge < -0.3 is 104 Å². The van der Waals surface area contributed by atoms with Gasteiger partial charge in [-0.15, -0.1) is 0 Å². The number of nitrogens with two attached hydrogens (primary N) is 4. The number of hydrogen-bond donors (Lipinski definition) is 17. The number of carboxylic acid groups (broad SMARTS) is 1. The molecule has 2 saturated heterocycles. The van der Waals surface area contributed by atoms with E-state index in [2.05, 4.69) is 36.1 Å². The number of carbonyl (C=O) groups is 3. The van der Waals surface area contributed by atoms with Gasteiger partial charge in [-0.3, -0.25) is 19.4 Å². The molecule has 21 N–H and O–H groups in total. The van der Waals surface area contributed by atoms with Gasteiger partial charge in [0, 0.05) is 29.9 Å². The van der Waals surface area contributed by atoms with Crippen molar-refractivity contribution in [2.24, 2.45) is 43.4 Å². The van der Waals surface area contributed by atoms with Crippen LogP contribution >= 0.6 is 0 Å². The summed E-state index contributed by atoms with van der Waals surface area (Å²) in [5.74, 6) is -3.40. The molecule has 3 heterocycles. The molecule has 28 nitrogen and oxygen atoms in total. The number of carbonyl (C=O) groups excluding carboxylic acids is 2. The van der Waals surface area contributed by atoms with Gasteiger partial charge in [0.1, 0.15) is 67.0 Å². The predicted molar refractivity (Wildman–Crippen MR) is 219 cm³/mol. The van der Waals surface area contributed by atoms with Crippen LogP contribution in [0.15, 0.2) is 39.6 Å². The zero-order chi connectivity index (χ0) is 48.3. The Labute approximate surface area is 365 Å². The predicted octanol–water partition coefficient (Wildman–Crippen LogP) is -8.59. The molecule has 4 rings (SSSR count). The van der Waals surface area contributed by atoms with Gasteiger partial charge in [-0.2, -0.15) is 5.10 Å². The summed E-state index contributed by atoms with van der Waals surface area (Å²) in [6.45, 7) is 3.38. The van der Waals surface area contributed by atoms with E-state index in [4.69, 9.17) is 52.1 Å². The highest BCUT2D eigenvalue weighted by atomic mass is 16.8. The Morgan fingerprint density at radius 3 is 2.08 bits per heavy atom. The first-order valence-corrected chi connectivity index (χ1v) is 19.7. The molecule has 3 aliphatic rings. The number of nitrogens with zero attached hydrogens (tertiary/aromatic N) is 4. The minimum atomic E-state index is -2.28. The molecule has 3 fully saturated rings. The van der Waals surface area contributed by atoms with Gasteiger partial charge in [0.05, 0.1) is 38.0 Å². The first kappa shape index (κ1) is 53.5. The molecule has 0 radical (unpaired) electrons. The van der Waals surface area contributed by atoms with E-state index < -0.39 is 139 Å². The van der Waals surface area contributed by atoms with Crippen molar-refractivity contribution in [2.45, 2.75) is 125 Å². The fourth-order valence-corrected chi connectivity index (χ4v) is 6.69. The van der Waals surface area contributed by atoms with Gasteiger partial charge in [-0.05, 0) is 26.1 Å². The summed E-state index contributed by atoms with van der Waals surface area (Å²) in [7, 11) is 1.43. The van der Waals surface area contributed by atoms with Crippen LogP contribution in [0, 0.1) is 5.41 Å². The van der Waals surface area contributed by atoms with Crippen LogP contribution in [0.4, 0.5) is 0 Å². The maximum atomic E-state index is 12.6. The average Bonchev–Trinajstić information content (AvgIpc) is 3.47. The Balaban J connectivity index is 0.000000619. The normalized spacial score (nSPS) is 34.5. The highest BCUT2D eigenvalue weighted by Gasteiger charge is 2.60. The van der Waals surface area contributed by atoms with Gasteiger partial charge in [0.15, 0.2) is 30.1 Å². The Kier molecular flexibility index (Phi) is 19.6. The summed E-state index contributed by atoms with van der Waals surface area (Å²) in [5, 5.41) is 112. The van der Waals surface area contributed by atoms with Crippen LogP contribution in [0.5, 0.6) is 0 Å². The third-order valence-electron chi connectivity index (χ3n) is 10.6. The molecule has 1 saturated carbocycles.